The van der Waals surface area contributed by atoms with E-state index in [0.29, 0.717) is 36.9 Å². The molecule has 8 atom stereocenters. The van der Waals surface area contributed by atoms with Crippen LogP contribution in [0.3, 0.4) is 0 Å². The summed E-state index contributed by atoms with van der Waals surface area (Å²) in [7, 11) is 0. The first-order chi connectivity index (χ1) is 18.0. The molecule has 7 rings (SSSR count). The summed E-state index contributed by atoms with van der Waals surface area (Å²) in [6.45, 7) is 4.20. The number of ether oxygens (including phenoxy) is 3. The second-order valence-electron chi connectivity index (χ2n) is 12.5. The van der Waals surface area contributed by atoms with Gasteiger partial charge in [-0.2, -0.15) is 0 Å². The van der Waals surface area contributed by atoms with Gasteiger partial charge in [-0.3, -0.25) is 0 Å². The lowest BCUT2D eigenvalue weighted by Gasteiger charge is -2.57. The Balaban J connectivity index is 1.03. The Labute approximate surface area is 220 Å². The molecule has 0 spiro atoms. The zero-order valence-electron chi connectivity index (χ0n) is 21.9. The first kappa shape index (κ1) is 24.1. The van der Waals surface area contributed by atoms with Gasteiger partial charge in [-0.1, -0.05) is 49.4 Å². The summed E-state index contributed by atoms with van der Waals surface area (Å²) in [5, 5.41) is 12.1. The molecular formula is C32H40O5. The van der Waals surface area contributed by atoms with Crippen LogP contribution in [-0.4, -0.2) is 24.4 Å². The van der Waals surface area contributed by atoms with Crippen molar-refractivity contribution in [2.24, 2.45) is 35.0 Å². The molecule has 0 bridgehead atoms. The molecule has 4 fully saturated rings. The van der Waals surface area contributed by atoms with Crippen LogP contribution in [0.25, 0.3) is 0 Å². The van der Waals surface area contributed by atoms with E-state index in [2.05, 4.69) is 49.4 Å². The Hall–Kier alpha value is -1.92. The number of hydrogen-bond acceptors (Lipinski definition) is 5. The fourth-order valence-electron chi connectivity index (χ4n) is 8.86. The highest BCUT2D eigenvalue weighted by molar-refractivity contribution is 5.36. The molecule has 5 aliphatic rings. The summed E-state index contributed by atoms with van der Waals surface area (Å²) < 4.78 is 23.5. The summed E-state index contributed by atoms with van der Waals surface area (Å²) in [6, 6.07) is 12.5. The summed E-state index contributed by atoms with van der Waals surface area (Å²) in [4.78, 5) is 0. The molecule has 1 aromatic carbocycles. The average molecular weight is 505 g/mol. The summed E-state index contributed by atoms with van der Waals surface area (Å²) in [6.07, 6.45) is 14.6. The molecule has 0 radical (unpaired) electrons. The second kappa shape index (κ2) is 9.37. The SMILES string of the molecule is C[C@]12CC[C@H]3[C@@H](CCC4CC(OCc5ccccc5)CC[C@@H]43)[C@@H]1C=C[C@@]2(O)c1coc(C2OCCO2)c1. The highest BCUT2D eigenvalue weighted by Gasteiger charge is 2.61. The van der Waals surface area contributed by atoms with E-state index in [0.717, 1.165) is 36.3 Å². The van der Waals surface area contributed by atoms with Gasteiger partial charge in [-0.25, -0.2) is 0 Å². The fraction of sp³-hybridized carbons (Fsp3) is 0.625. The number of fused-ring (bicyclic) bond motifs is 5. The topological polar surface area (TPSA) is 61.1 Å². The Kier molecular flexibility index (Phi) is 6.12. The van der Waals surface area contributed by atoms with Gasteiger partial charge in [0.05, 0.1) is 32.2 Å². The van der Waals surface area contributed by atoms with Crippen LogP contribution in [-0.2, 0) is 26.4 Å². The van der Waals surface area contributed by atoms with Crippen molar-refractivity contribution in [3.8, 4) is 0 Å². The molecule has 1 aromatic heterocycles. The second-order valence-corrected chi connectivity index (χ2v) is 12.5. The smallest absolute Gasteiger partial charge is 0.217 e. The minimum atomic E-state index is -1.01. The van der Waals surface area contributed by atoms with Crippen LogP contribution in [0.5, 0.6) is 0 Å². The van der Waals surface area contributed by atoms with Gasteiger partial charge in [0.25, 0.3) is 0 Å². The van der Waals surface area contributed by atoms with Crippen molar-refractivity contribution in [3.05, 3.63) is 71.7 Å². The van der Waals surface area contributed by atoms with Crippen molar-refractivity contribution in [2.75, 3.05) is 13.2 Å². The molecule has 3 saturated carbocycles. The van der Waals surface area contributed by atoms with Crippen LogP contribution in [0, 0.1) is 35.0 Å². The summed E-state index contributed by atoms with van der Waals surface area (Å²) in [5.74, 6) is 4.06. The van der Waals surface area contributed by atoms with Gasteiger partial charge in [0.1, 0.15) is 5.60 Å². The molecule has 1 saturated heterocycles. The number of allylic oxidation sites excluding steroid dienone is 1. The zero-order valence-corrected chi connectivity index (χ0v) is 21.9. The first-order valence-corrected chi connectivity index (χ1v) is 14.4. The van der Waals surface area contributed by atoms with Gasteiger partial charge in [-0.05, 0) is 86.2 Å². The largest absolute Gasteiger partial charge is 0.464 e. The van der Waals surface area contributed by atoms with Crippen LogP contribution < -0.4 is 0 Å². The predicted molar refractivity (Wildman–Crippen MR) is 139 cm³/mol. The molecule has 5 heteroatoms. The van der Waals surface area contributed by atoms with E-state index in [1.165, 1.54) is 44.1 Å². The van der Waals surface area contributed by atoms with E-state index in [1.807, 2.05) is 6.07 Å². The minimum Gasteiger partial charge on any atom is -0.464 e. The van der Waals surface area contributed by atoms with Gasteiger partial charge in [0.2, 0.25) is 6.29 Å². The lowest BCUT2D eigenvalue weighted by atomic mass is 9.48. The molecule has 0 amide bonds. The molecule has 37 heavy (non-hydrogen) atoms. The summed E-state index contributed by atoms with van der Waals surface area (Å²) >= 11 is 0. The van der Waals surface area contributed by atoms with Gasteiger partial charge >= 0.3 is 0 Å². The maximum absolute atomic E-state index is 12.1. The van der Waals surface area contributed by atoms with Gasteiger partial charge in [0, 0.05) is 11.0 Å². The predicted octanol–water partition coefficient (Wildman–Crippen LogP) is 6.53. The Morgan fingerprint density at radius 2 is 1.78 bits per heavy atom. The number of aliphatic hydroxyl groups is 1. The zero-order chi connectivity index (χ0) is 25.0. The molecule has 1 aliphatic heterocycles. The standard InChI is InChI=1S/C32H40O5/c1-31-13-11-26-25-10-8-24(36-19-21-5-3-2-4-6-21)17-22(25)7-9-27(26)28(31)12-14-32(31,33)23-18-29(37-20-23)30-34-15-16-35-30/h2-6,12,14,18,20,22,24-28,30,33H,7-11,13,15-17,19H2,1H3/t22?,24?,25-,26+,27+,28-,31-,32+/m0/s1. The Morgan fingerprint density at radius 3 is 2.62 bits per heavy atom. The van der Waals surface area contributed by atoms with Crippen molar-refractivity contribution >= 4 is 0 Å². The van der Waals surface area contributed by atoms with Crippen molar-refractivity contribution in [3.63, 3.8) is 0 Å². The lowest BCUT2D eigenvalue weighted by Crippen LogP contribution is -2.53. The van der Waals surface area contributed by atoms with Crippen molar-refractivity contribution < 1.29 is 23.7 Å². The van der Waals surface area contributed by atoms with Crippen molar-refractivity contribution in [1.29, 1.82) is 0 Å². The van der Waals surface area contributed by atoms with E-state index in [9.17, 15) is 5.11 Å². The monoisotopic (exact) mass is 504 g/mol. The molecule has 5 nitrogen and oxygen atoms in total. The number of hydrogen-bond donors (Lipinski definition) is 1. The van der Waals surface area contributed by atoms with Crippen molar-refractivity contribution in [1.82, 2.24) is 0 Å². The number of rotatable bonds is 5. The molecule has 2 heterocycles. The maximum Gasteiger partial charge on any atom is 0.217 e. The molecule has 2 aromatic rings. The van der Waals surface area contributed by atoms with Gasteiger partial charge < -0.3 is 23.7 Å². The third-order valence-electron chi connectivity index (χ3n) is 10.8. The molecular weight excluding hydrogens is 464 g/mol. The van der Waals surface area contributed by atoms with Crippen LogP contribution in [0.15, 0.2) is 59.2 Å². The van der Waals surface area contributed by atoms with Gasteiger partial charge in [0.15, 0.2) is 5.76 Å². The lowest BCUT2D eigenvalue weighted by molar-refractivity contribution is -0.130. The molecule has 2 unspecified atom stereocenters. The Morgan fingerprint density at radius 1 is 0.973 bits per heavy atom. The highest BCUT2D eigenvalue weighted by atomic mass is 16.7. The third kappa shape index (κ3) is 3.96. The third-order valence-corrected chi connectivity index (χ3v) is 10.8. The normalized spacial score (nSPS) is 41.4. The number of benzene rings is 1. The van der Waals surface area contributed by atoms with Crippen LogP contribution in [0.1, 0.15) is 75.0 Å². The van der Waals surface area contributed by atoms with Crippen LogP contribution in [0.2, 0.25) is 0 Å². The quantitative estimate of drug-likeness (QED) is 0.469. The van der Waals surface area contributed by atoms with Crippen LogP contribution >= 0.6 is 0 Å². The van der Waals surface area contributed by atoms with E-state index in [-0.39, 0.29) is 5.41 Å². The highest BCUT2D eigenvalue weighted by Crippen LogP contribution is 2.65. The van der Waals surface area contributed by atoms with Gasteiger partial charge in [-0.15, -0.1) is 0 Å². The van der Waals surface area contributed by atoms with Crippen LogP contribution in [0.4, 0.5) is 0 Å². The number of furan rings is 1. The summed E-state index contributed by atoms with van der Waals surface area (Å²) in [5.41, 5.74) is 0.887. The van der Waals surface area contributed by atoms with E-state index < -0.39 is 11.9 Å². The fourth-order valence-corrected chi connectivity index (χ4v) is 8.86. The molecule has 1 N–H and O–H groups in total. The Bertz CT molecular complexity index is 1120. The minimum absolute atomic E-state index is 0.213. The molecule has 198 valence electrons. The van der Waals surface area contributed by atoms with E-state index >= 15 is 0 Å². The van der Waals surface area contributed by atoms with E-state index in [1.54, 1.807) is 6.26 Å². The molecule has 4 aliphatic carbocycles. The van der Waals surface area contributed by atoms with Crippen molar-refractivity contribution in [2.45, 2.75) is 76.5 Å². The van der Waals surface area contributed by atoms with E-state index in [4.69, 9.17) is 18.6 Å². The first-order valence-electron chi connectivity index (χ1n) is 14.4. The maximum atomic E-state index is 12.1. The average Bonchev–Trinajstić information content (AvgIpc) is 3.68.